The van der Waals surface area contributed by atoms with Gasteiger partial charge < -0.3 is 52.4 Å². The van der Waals surface area contributed by atoms with Gasteiger partial charge in [0.25, 0.3) is 34.4 Å². The molecule has 3 aliphatic rings. The number of benzene rings is 5. The van der Waals surface area contributed by atoms with Crippen LogP contribution in [0.2, 0.25) is 5.02 Å². The fourth-order valence-corrected chi connectivity index (χ4v) is 13.8. The molecule has 8 heterocycles. The third kappa shape index (κ3) is 14.8. The van der Waals surface area contributed by atoms with Crippen molar-refractivity contribution in [3.8, 4) is 18.2 Å². The second-order valence-electron chi connectivity index (χ2n) is 24.8. The lowest BCUT2D eigenvalue weighted by Crippen LogP contribution is -2.49. The van der Waals surface area contributed by atoms with Crippen molar-refractivity contribution in [3.05, 3.63) is 238 Å². The quantitative estimate of drug-likeness (QED) is 0.0988. The maximum Gasteiger partial charge on any atom is 0.289 e. The van der Waals surface area contributed by atoms with Crippen LogP contribution in [0, 0.1) is 45.7 Å². The largest absolute Gasteiger partial charge is 0.459 e. The summed E-state index contributed by atoms with van der Waals surface area (Å²) in [5.41, 5.74) is 5.23. The van der Waals surface area contributed by atoms with Crippen LogP contribution >= 0.6 is 22.9 Å². The molecule has 0 aliphatic carbocycles. The van der Waals surface area contributed by atoms with E-state index in [2.05, 4.69) is 41.9 Å². The molecule has 0 spiro atoms. The Morgan fingerprint density at radius 3 is 1.44 bits per heavy atom. The minimum absolute atomic E-state index is 0.00901. The van der Waals surface area contributed by atoms with Gasteiger partial charge in [-0.25, -0.2) is 4.39 Å². The van der Waals surface area contributed by atoms with Gasteiger partial charge in [0, 0.05) is 118 Å². The first kappa shape index (κ1) is 68.6. The van der Waals surface area contributed by atoms with Gasteiger partial charge in [0.05, 0.1) is 51.3 Å². The molecule has 5 aromatic heterocycles. The summed E-state index contributed by atoms with van der Waals surface area (Å²) in [4.78, 5) is 92.4. The number of furan rings is 1. The Balaban J connectivity index is 0.000000149. The molecular weight excluding hydrogens is 1280 g/mol. The van der Waals surface area contributed by atoms with E-state index in [0.717, 1.165) is 45.7 Å². The Morgan fingerprint density at radius 2 is 0.990 bits per heavy atom. The minimum Gasteiger partial charge on any atom is -0.459 e. The predicted octanol–water partition coefficient (Wildman–Crippen LogP) is 10.6. The van der Waals surface area contributed by atoms with Crippen LogP contribution in [-0.4, -0.2) is 150 Å². The van der Waals surface area contributed by atoms with E-state index in [1.807, 2.05) is 119 Å². The highest BCUT2D eigenvalue weighted by Gasteiger charge is 2.32. The van der Waals surface area contributed by atoms with E-state index < -0.39 is 0 Å². The summed E-state index contributed by atoms with van der Waals surface area (Å²) >= 11 is 7.37. The van der Waals surface area contributed by atoms with Crippen molar-refractivity contribution in [2.75, 3.05) is 114 Å². The van der Waals surface area contributed by atoms with Crippen LogP contribution in [-0.2, 0) is 19.6 Å². The minimum atomic E-state index is -0.377. The van der Waals surface area contributed by atoms with Crippen LogP contribution in [0.5, 0.6) is 0 Å². The molecule has 23 heteroatoms. The number of hydrogen-bond donors (Lipinski definition) is 0. The third-order valence-corrected chi connectivity index (χ3v) is 18.9. The predicted molar refractivity (Wildman–Crippen MR) is 381 cm³/mol. The smallest absolute Gasteiger partial charge is 0.289 e. The SMILES string of the molecule is CC(C)Cn1c(=O)c(C#N)c(N2CCN(C(=O)c3ccco3)CC2)c2ccccc21.CN(C)CCCn1c(=O)c(C#N)c(N2CCN(C(=O)c3ccc(Cl)cc3)CC2)c2ccccc21.N#Cc1c(N2CCN(C(=O)c3cccs3)CC2)c2ccccc2n(Cc2ccc(F)cc2)c1=O. The van der Waals surface area contributed by atoms with Crippen LogP contribution < -0.4 is 31.4 Å². The maximum absolute atomic E-state index is 13.5. The van der Waals surface area contributed by atoms with E-state index in [1.165, 1.54) is 29.7 Å². The summed E-state index contributed by atoms with van der Waals surface area (Å²) < 4.78 is 23.6. The highest BCUT2D eigenvalue weighted by molar-refractivity contribution is 7.12. The second-order valence-corrected chi connectivity index (χ2v) is 26.2. The van der Waals surface area contributed by atoms with Gasteiger partial charge >= 0.3 is 0 Å². The van der Waals surface area contributed by atoms with Crippen LogP contribution in [0.1, 0.15) is 73.1 Å². The number of hydrogen-bond acceptors (Lipinski definition) is 15. The Morgan fingerprint density at radius 1 is 0.541 bits per heavy atom. The summed E-state index contributed by atoms with van der Waals surface area (Å²) in [5, 5.41) is 34.8. The fourth-order valence-electron chi connectivity index (χ4n) is 13.0. The average Bonchev–Trinajstić information content (AvgIpc) is 0.920. The standard InChI is InChI=1S/C26H28ClN5O2.C26H21FN4O2S.C23H24N4O3/c1-29(2)12-5-13-32-23-7-4-3-6-21(23)24(22(18-28)26(32)34)30-14-16-31(17-15-30)25(33)19-8-10-20(27)11-9-19;27-19-9-7-18(8-10-19)17-31-22-5-2-1-4-20(22)24(21(16-28)25(31)32)29-11-13-30(14-12-29)26(33)23-6-3-15-34-23;1-16(2)15-27-19-7-4-3-6-17(19)21(18(14-24)22(27)28)25-9-11-26(12-10-25)23(29)20-8-5-13-30-20/h3-4,6-11H,5,12-17H2,1-2H3;1-10,15H,11-14,17H2;3-8,13,16H,9-12,15H2,1-2H3. The number of carbonyl (C=O) groups excluding carboxylic acids is 3. The Kier molecular flexibility index (Phi) is 21.6. The van der Waals surface area contributed by atoms with E-state index in [0.29, 0.717) is 135 Å². The van der Waals surface area contributed by atoms with E-state index in [-0.39, 0.29) is 69.4 Å². The van der Waals surface area contributed by atoms with Gasteiger partial charge in [-0.15, -0.1) is 11.3 Å². The summed E-state index contributed by atoms with van der Waals surface area (Å²) in [6, 6.07) is 49.4. The fraction of sp³-hybridized carbons (Fsp3) is 0.293. The van der Waals surface area contributed by atoms with Gasteiger partial charge in [0.1, 0.15) is 40.7 Å². The molecular formula is C75H73ClFN13O7S. The van der Waals surface area contributed by atoms with E-state index in [9.17, 15) is 48.9 Å². The van der Waals surface area contributed by atoms with Gasteiger partial charge in [-0.2, -0.15) is 15.8 Å². The number of fused-ring (bicyclic) bond motifs is 3. The van der Waals surface area contributed by atoms with Crippen LogP contribution in [0.4, 0.5) is 21.5 Å². The molecule has 3 fully saturated rings. The molecule has 0 bridgehead atoms. The molecule has 0 saturated carbocycles. The van der Waals surface area contributed by atoms with Gasteiger partial charge in [-0.3, -0.25) is 28.8 Å². The molecule has 3 amide bonds. The molecule has 3 saturated heterocycles. The van der Waals surface area contributed by atoms with Gasteiger partial charge in [0.15, 0.2) is 5.76 Å². The lowest BCUT2D eigenvalue weighted by molar-refractivity contribution is 0.0712. The molecule has 10 aromatic rings. The van der Waals surface area contributed by atoms with Crippen molar-refractivity contribution in [1.29, 1.82) is 15.8 Å². The number of para-hydroxylation sites is 3. The third-order valence-electron chi connectivity index (χ3n) is 17.8. The number of piperazine rings is 3. The van der Waals surface area contributed by atoms with Crippen molar-refractivity contribution < 1.29 is 23.2 Å². The monoisotopic (exact) mass is 1350 g/mol. The second kappa shape index (κ2) is 30.9. The first-order valence-electron chi connectivity index (χ1n) is 32.5. The molecule has 0 unspecified atom stereocenters. The number of nitriles is 3. The molecule has 0 N–H and O–H groups in total. The number of rotatable bonds is 14. The molecule has 500 valence electrons. The lowest BCUT2D eigenvalue weighted by Gasteiger charge is -2.37. The van der Waals surface area contributed by atoms with Crippen molar-refractivity contribution in [3.63, 3.8) is 0 Å². The Labute approximate surface area is 575 Å². The summed E-state index contributed by atoms with van der Waals surface area (Å²) in [7, 11) is 4.00. The maximum atomic E-state index is 13.5. The summed E-state index contributed by atoms with van der Waals surface area (Å²) in [6.07, 6.45) is 2.30. The zero-order chi connectivity index (χ0) is 69.1. The lowest BCUT2D eigenvalue weighted by atomic mass is 10.1. The first-order chi connectivity index (χ1) is 47.5. The zero-order valence-electron chi connectivity index (χ0n) is 54.9. The number of anilines is 3. The van der Waals surface area contributed by atoms with Crippen molar-refractivity contribution in [2.45, 2.75) is 39.9 Å². The summed E-state index contributed by atoms with van der Waals surface area (Å²) in [6.45, 7) is 12.5. The van der Waals surface area contributed by atoms with E-state index in [4.69, 9.17) is 16.0 Å². The Hall–Kier alpha value is -10.8. The number of aryl methyl sites for hydroxylation is 1. The highest BCUT2D eigenvalue weighted by atomic mass is 35.5. The normalized spacial score (nSPS) is 14.0. The number of thiophene rings is 1. The van der Waals surface area contributed by atoms with Gasteiger partial charge in [-0.05, 0) is 117 Å². The number of aromatic nitrogens is 3. The molecule has 0 radical (unpaired) electrons. The van der Waals surface area contributed by atoms with Crippen molar-refractivity contribution >= 4 is 90.4 Å². The first-order valence-corrected chi connectivity index (χ1v) is 33.8. The van der Waals surface area contributed by atoms with Gasteiger partial charge in [0.2, 0.25) is 0 Å². The zero-order valence-corrected chi connectivity index (χ0v) is 56.5. The van der Waals surface area contributed by atoms with E-state index >= 15 is 0 Å². The number of halogens is 2. The average molecular weight is 1360 g/mol. The van der Waals surface area contributed by atoms with E-state index in [1.54, 1.807) is 72.0 Å². The topological polar surface area (TPSA) is 224 Å². The number of pyridine rings is 3. The van der Waals surface area contributed by atoms with Crippen LogP contribution in [0.15, 0.2) is 176 Å². The van der Waals surface area contributed by atoms with Crippen LogP contribution in [0.3, 0.4) is 0 Å². The van der Waals surface area contributed by atoms with Crippen molar-refractivity contribution in [2.24, 2.45) is 5.92 Å². The van der Waals surface area contributed by atoms with Gasteiger partial charge in [-0.1, -0.05) is 98.2 Å². The van der Waals surface area contributed by atoms with Crippen molar-refractivity contribution in [1.82, 2.24) is 33.3 Å². The number of amides is 3. The molecule has 98 heavy (non-hydrogen) atoms. The molecule has 20 nitrogen and oxygen atoms in total. The number of nitrogens with zero attached hydrogens (tertiary/aromatic N) is 13. The Bertz CT molecular complexity index is 4870. The number of carbonyl (C=O) groups is 3. The summed E-state index contributed by atoms with van der Waals surface area (Å²) in [5.74, 6) is 0.0818. The molecule has 13 rings (SSSR count). The van der Waals surface area contributed by atoms with Crippen LogP contribution in [0.25, 0.3) is 32.7 Å². The molecule has 5 aromatic carbocycles. The molecule has 3 aliphatic heterocycles. The molecule has 0 atom stereocenters. The highest BCUT2D eigenvalue weighted by Crippen LogP contribution is 2.34.